The molecule has 0 saturated carbocycles. The molecule has 1 heterocycles. The number of benzene rings is 1. The molecule has 0 saturated heterocycles. The summed E-state index contributed by atoms with van der Waals surface area (Å²) in [6.07, 6.45) is -3.08. The van der Waals surface area contributed by atoms with Crippen molar-refractivity contribution in [1.29, 1.82) is 0 Å². The Kier molecular flexibility index (Phi) is 5.45. The third-order valence-electron chi connectivity index (χ3n) is 2.44. The summed E-state index contributed by atoms with van der Waals surface area (Å²) in [7, 11) is 0. The van der Waals surface area contributed by atoms with E-state index >= 15 is 0 Å². The predicted molar refractivity (Wildman–Crippen MR) is 82.4 cm³/mol. The van der Waals surface area contributed by atoms with E-state index in [0.717, 1.165) is 12.1 Å². The minimum absolute atomic E-state index is 0. The van der Waals surface area contributed by atoms with E-state index in [1.807, 2.05) is 0 Å². The minimum atomic E-state index is -4.51. The van der Waals surface area contributed by atoms with Crippen molar-refractivity contribution in [3.8, 4) is 0 Å². The van der Waals surface area contributed by atoms with Crippen molar-refractivity contribution in [3.05, 3.63) is 39.1 Å². The fraction of sp³-hybridized carbons (Fsp3) is 0.0909. The molecule has 10 heteroatoms. The molecule has 0 aliphatic carbocycles. The van der Waals surface area contributed by atoms with Crippen molar-refractivity contribution in [1.82, 2.24) is 10.2 Å². The van der Waals surface area contributed by atoms with Crippen molar-refractivity contribution in [2.75, 3.05) is 11.1 Å². The van der Waals surface area contributed by atoms with Crippen LogP contribution in [0.15, 0.2) is 24.4 Å². The molecule has 4 N–H and O–H groups in total. The second kappa shape index (κ2) is 6.52. The smallest absolute Gasteiger partial charge is 0.398 e. The van der Waals surface area contributed by atoms with Crippen LogP contribution in [0, 0.1) is 3.57 Å². The van der Waals surface area contributed by atoms with Gasteiger partial charge in [-0.25, -0.2) is 0 Å². The number of nitrogen functional groups attached to an aromatic ring is 1. The molecule has 1 amide bonds. The number of alkyl halides is 3. The zero-order valence-corrected chi connectivity index (χ0v) is 13.1. The Labute approximate surface area is 137 Å². The Balaban J connectivity index is 0.00000220. The van der Waals surface area contributed by atoms with E-state index < -0.39 is 17.6 Å². The zero-order chi connectivity index (χ0) is 14.9. The third kappa shape index (κ3) is 4.00. The Morgan fingerprint density at radius 1 is 1.38 bits per heavy atom. The molecule has 21 heavy (non-hydrogen) atoms. The molecule has 2 rings (SSSR count). The molecule has 0 aliphatic heterocycles. The molecular weight excluding hydrogens is 423 g/mol. The maximum atomic E-state index is 12.7. The van der Waals surface area contributed by atoms with Crippen LogP contribution in [-0.2, 0) is 6.18 Å². The molecule has 5 nitrogen and oxygen atoms in total. The molecule has 0 spiro atoms. The van der Waals surface area contributed by atoms with Crippen molar-refractivity contribution in [3.63, 3.8) is 0 Å². The average Bonchev–Trinajstić information content (AvgIpc) is 2.82. The van der Waals surface area contributed by atoms with Gasteiger partial charge in [-0.05, 0) is 34.7 Å². The fourth-order valence-corrected chi connectivity index (χ4v) is 2.29. The van der Waals surface area contributed by atoms with Gasteiger partial charge in [0.2, 0.25) is 0 Å². The number of aromatic amines is 1. The largest absolute Gasteiger partial charge is 0.417 e. The van der Waals surface area contributed by atoms with Gasteiger partial charge in [0.25, 0.3) is 5.91 Å². The van der Waals surface area contributed by atoms with E-state index in [4.69, 9.17) is 5.73 Å². The molecule has 114 valence electrons. The number of hydrogen-bond donors (Lipinski definition) is 3. The zero-order valence-electron chi connectivity index (χ0n) is 10.2. The highest BCUT2D eigenvalue weighted by Crippen LogP contribution is 2.35. The number of H-pyrrole nitrogens is 1. The number of amides is 1. The number of aromatic nitrogens is 2. The summed E-state index contributed by atoms with van der Waals surface area (Å²) >= 11 is 1.52. The summed E-state index contributed by atoms with van der Waals surface area (Å²) in [4.78, 5) is 11.9. The molecule has 0 radical (unpaired) electrons. The Bertz CT molecular complexity index is 646. The molecule has 0 bridgehead atoms. The summed E-state index contributed by atoms with van der Waals surface area (Å²) in [5, 5.41) is 8.58. The van der Waals surface area contributed by atoms with Gasteiger partial charge in [0.1, 0.15) is 5.82 Å². The number of halogens is 5. The van der Waals surface area contributed by atoms with Crippen LogP contribution < -0.4 is 11.1 Å². The lowest BCUT2D eigenvalue weighted by Crippen LogP contribution is -2.17. The maximum absolute atomic E-state index is 12.7. The van der Waals surface area contributed by atoms with Gasteiger partial charge in [-0.15, -0.1) is 12.4 Å². The first kappa shape index (κ1) is 17.6. The quantitative estimate of drug-likeness (QED) is 0.503. The van der Waals surface area contributed by atoms with Gasteiger partial charge < -0.3 is 11.1 Å². The highest BCUT2D eigenvalue weighted by Gasteiger charge is 2.34. The lowest BCUT2D eigenvalue weighted by molar-refractivity contribution is -0.138. The van der Waals surface area contributed by atoms with Crippen LogP contribution in [0.25, 0.3) is 0 Å². The lowest BCUT2D eigenvalue weighted by atomic mass is 10.1. The number of nitrogens with two attached hydrogens (primary N) is 1. The summed E-state index contributed by atoms with van der Waals surface area (Å²) < 4.78 is 38.0. The second-order valence-electron chi connectivity index (χ2n) is 3.84. The number of nitrogens with one attached hydrogen (secondary N) is 2. The number of nitrogens with zero attached hydrogens (tertiary/aromatic N) is 1. The van der Waals surface area contributed by atoms with Gasteiger partial charge in [-0.3, -0.25) is 9.89 Å². The van der Waals surface area contributed by atoms with E-state index in [9.17, 15) is 18.0 Å². The maximum Gasteiger partial charge on any atom is 0.417 e. The molecule has 0 aliphatic rings. The van der Waals surface area contributed by atoms with Gasteiger partial charge in [-0.1, -0.05) is 0 Å². The molecule has 0 unspecified atom stereocenters. The first-order valence-corrected chi connectivity index (χ1v) is 6.34. The molecular formula is C11H9ClF3IN4O. The lowest BCUT2D eigenvalue weighted by Gasteiger charge is -2.13. The van der Waals surface area contributed by atoms with Crippen LogP contribution in [0.4, 0.5) is 24.7 Å². The first-order valence-electron chi connectivity index (χ1n) is 5.26. The molecule has 0 fully saturated rings. The number of rotatable bonds is 2. The van der Waals surface area contributed by atoms with Crippen LogP contribution in [0.3, 0.4) is 0 Å². The number of anilines is 2. The summed E-state index contributed by atoms with van der Waals surface area (Å²) in [5.41, 5.74) is 4.39. The monoisotopic (exact) mass is 432 g/mol. The van der Waals surface area contributed by atoms with E-state index in [0.29, 0.717) is 5.82 Å². The van der Waals surface area contributed by atoms with E-state index in [1.54, 1.807) is 0 Å². The van der Waals surface area contributed by atoms with Crippen LogP contribution in [0.5, 0.6) is 0 Å². The average molecular weight is 433 g/mol. The van der Waals surface area contributed by atoms with Gasteiger partial charge >= 0.3 is 6.18 Å². The van der Waals surface area contributed by atoms with Crippen molar-refractivity contribution < 1.29 is 18.0 Å². The second-order valence-corrected chi connectivity index (χ2v) is 5.00. The van der Waals surface area contributed by atoms with Crippen LogP contribution >= 0.6 is 35.0 Å². The molecule has 1 aromatic carbocycles. The van der Waals surface area contributed by atoms with Crippen LogP contribution in [-0.4, -0.2) is 16.1 Å². The highest BCUT2D eigenvalue weighted by atomic mass is 127. The number of hydrogen-bond acceptors (Lipinski definition) is 3. The van der Waals surface area contributed by atoms with Gasteiger partial charge in [0.15, 0.2) is 0 Å². The van der Waals surface area contributed by atoms with E-state index in [1.165, 1.54) is 34.9 Å². The highest BCUT2D eigenvalue weighted by molar-refractivity contribution is 14.1. The fourth-order valence-electron chi connectivity index (χ4n) is 1.52. The minimum Gasteiger partial charge on any atom is -0.398 e. The van der Waals surface area contributed by atoms with Crippen LogP contribution in [0.2, 0.25) is 0 Å². The summed E-state index contributed by atoms with van der Waals surface area (Å²) in [5.74, 6) is -0.289. The van der Waals surface area contributed by atoms with Gasteiger partial charge in [0, 0.05) is 15.3 Å². The summed E-state index contributed by atoms with van der Waals surface area (Å²) in [6.45, 7) is 0. The predicted octanol–water partition coefficient (Wildman–Crippen LogP) is 3.29. The normalized spacial score (nSPS) is 10.9. The van der Waals surface area contributed by atoms with Gasteiger partial charge in [0.05, 0.1) is 17.3 Å². The SMILES string of the molecule is Cl.Nc1cc(C(F)(F)F)c(I)cc1C(=O)Nc1ccn[nH]1. The van der Waals surface area contributed by atoms with Crippen LogP contribution in [0.1, 0.15) is 15.9 Å². The molecule has 2 aromatic rings. The van der Waals surface area contributed by atoms with Crippen molar-refractivity contribution >= 4 is 52.4 Å². The van der Waals surface area contributed by atoms with Gasteiger partial charge in [-0.2, -0.15) is 18.3 Å². The molecule has 1 aromatic heterocycles. The van der Waals surface area contributed by atoms with E-state index in [2.05, 4.69) is 15.5 Å². The molecule has 0 atom stereocenters. The number of carbonyl (C=O) groups excluding carboxylic acids is 1. The van der Waals surface area contributed by atoms with E-state index in [-0.39, 0.29) is 27.2 Å². The Morgan fingerprint density at radius 2 is 2.05 bits per heavy atom. The topological polar surface area (TPSA) is 83.8 Å². The summed E-state index contributed by atoms with van der Waals surface area (Å²) in [6, 6.07) is 3.36. The Hall–Kier alpha value is -1.49. The Morgan fingerprint density at radius 3 is 2.57 bits per heavy atom. The standard InChI is InChI=1S/C11H8F3IN4O.ClH/c12-11(13,14)6-4-8(16)5(3-7(6)15)10(20)18-9-1-2-17-19-9;/h1-4H,16H2,(H2,17,18,19,20);1H. The van der Waals surface area contributed by atoms with Crippen molar-refractivity contribution in [2.24, 2.45) is 0 Å². The number of carbonyl (C=O) groups is 1. The van der Waals surface area contributed by atoms with Crippen molar-refractivity contribution in [2.45, 2.75) is 6.18 Å². The third-order valence-corrected chi connectivity index (χ3v) is 3.33. The first-order chi connectivity index (χ1) is 9.29.